The third kappa shape index (κ3) is 4.69. The van der Waals surface area contributed by atoms with Crippen LogP contribution < -0.4 is 5.56 Å². The number of carbonyl (C=O) groups is 3. The predicted molar refractivity (Wildman–Crippen MR) is 98.2 cm³/mol. The van der Waals surface area contributed by atoms with E-state index in [-0.39, 0.29) is 18.1 Å². The number of rotatable bonds is 7. The van der Waals surface area contributed by atoms with Crippen LogP contribution in [0, 0.1) is 0 Å². The van der Waals surface area contributed by atoms with E-state index in [4.69, 9.17) is 4.74 Å². The van der Waals surface area contributed by atoms with Gasteiger partial charge < -0.3 is 14.5 Å². The number of amides is 2. The second kappa shape index (κ2) is 8.93. The van der Waals surface area contributed by atoms with Crippen LogP contribution in [-0.2, 0) is 14.3 Å². The van der Waals surface area contributed by atoms with Crippen molar-refractivity contribution in [2.24, 2.45) is 0 Å². The zero-order valence-electron chi connectivity index (χ0n) is 15.5. The molecule has 144 valence electrons. The number of H-pyrrole nitrogens is 1. The molecule has 0 aliphatic carbocycles. The van der Waals surface area contributed by atoms with Gasteiger partial charge in [-0.2, -0.15) is 5.10 Å². The molecule has 0 aliphatic rings. The van der Waals surface area contributed by atoms with E-state index in [1.54, 1.807) is 29.2 Å². The number of fused-ring (bicyclic) bond motifs is 1. The summed E-state index contributed by atoms with van der Waals surface area (Å²) in [6, 6.07) is 6.46. The van der Waals surface area contributed by atoms with Crippen molar-refractivity contribution in [3.05, 3.63) is 40.3 Å². The molecule has 0 saturated heterocycles. The van der Waals surface area contributed by atoms with E-state index in [1.165, 1.54) is 11.9 Å². The summed E-state index contributed by atoms with van der Waals surface area (Å²) in [4.78, 5) is 51.0. The highest BCUT2D eigenvalue weighted by molar-refractivity contribution is 6.02. The summed E-state index contributed by atoms with van der Waals surface area (Å²) in [5, 5.41) is 6.59. The number of nitrogens with one attached hydrogen (secondary N) is 1. The molecule has 27 heavy (non-hydrogen) atoms. The Balaban J connectivity index is 2.01. The minimum absolute atomic E-state index is 0.0835. The number of benzene rings is 1. The Labute approximate surface area is 155 Å². The highest BCUT2D eigenvalue weighted by Gasteiger charge is 2.20. The lowest BCUT2D eigenvalue weighted by Crippen LogP contribution is -2.42. The summed E-state index contributed by atoms with van der Waals surface area (Å²) in [6.45, 7) is 4.18. The van der Waals surface area contributed by atoms with Crippen molar-refractivity contribution in [3.8, 4) is 0 Å². The number of aromatic amines is 1. The second-order valence-corrected chi connectivity index (χ2v) is 5.84. The van der Waals surface area contributed by atoms with Crippen molar-refractivity contribution >= 4 is 28.6 Å². The first-order chi connectivity index (χ1) is 12.9. The van der Waals surface area contributed by atoms with E-state index >= 15 is 0 Å². The molecule has 0 unspecified atom stereocenters. The van der Waals surface area contributed by atoms with Gasteiger partial charge in [0.1, 0.15) is 0 Å². The smallest absolute Gasteiger partial charge is 0.359 e. The lowest BCUT2D eigenvalue weighted by Gasteiger charge is -2.23. The van der Waals surface area contributed by atoms with Gasteiger partial charge in [0, 0.05) is 25.5 Å². The molecule has 2 aromatic rings. The second-order valence-electron chi connectivity index (χ2n) is 5.84. The fourth-order valence-electron chi connectivity index (χ4n) is 2.54. The quantitative estimate of drug-likeness (QED) is 0.702. The standard InChI is InChI=1S/C18H22N4O5/c1-4-22(5-2)14(23)10-21(3)15(24)11-27-18(26)16-12-8-6-7-9-13(12)17(25)20-19-16/h6-9H,4-5,10-11H2,1-3H3,(H,20,25). The number of carbonyl (C=O) groups excluding carboxylic acids is 3. The van der Waals surface area contributed by atoms with Gasteiger partial charge in [0.05, 0.1) is 11.9 Å². The number of nitrogens with zero attached hydrogens (tertiary/aromatic N) is 3. The van der Waals surface area contributed by atoms with Gasteiger partial charge in [-0.15, -0.1) is 0 Å². The van der Waals surface area contributed by atoms with Crippen LogP contribution in [0.5, 0.6) is 0 Å². The highest BCUT2D eigenvalue weighted by Crippen LogP contribution is 2.13. The maximum Gasteiger partial charge on any atom is 0.359 e. The van der Waals surface area contributed by atoms with Crippen molar-refractivity contribution in [3.63, 3.8) is 0 Å². The van der Waals surface area contributed by atoms with E-state index in [0.717, 1.165) is 0 Å². The molecule has 1 aromatic heterocycles. The molecule has 0 saturated carbocycles. The third-order valence-corrected chi connectivity index (χ3v) is 4.13. The van der Waals surface area contributed by atoms with Crippen LogP contribution >= 0.6 is 0 Å². The van der Waals surface area contributed by atoms with Crippen molar-refractivity contribution in [1.82, 2.24) is 20.0 Å². The van der Waals surface area contributed by atoms with Crippen LogP contribution in [0.2, 0.25) is 0 Å². The normalized spacial score (nSPS) is 10.5. The number of hydrogen-bond acceptors (Lipinski definition) is 6. The van der Waals surface area contributed by atoms with Crippen LogP contribution in [-0.4, -0.2) is 71.1 Å². The van der Waals surface area contributed by atoms with Crippen molar-refractivity contribution in [2.45, 2.75) is 13.8 Å². The fourth-order valence-corrected chi connectivity index (χ4v) is 2.54. The molecule has 2 amide bonds. The molecular formula is C18H22N4O5. The number of aromatic nitrogens is 2. The first-order valence-electron chi connectivity index (χ1n) is 8.55. The summed E-state index contributed by atoms with van der Waals surface area (Å²) < 4.78 is 5.01. The van der Waals surface area contributed by atoms with Gasteiger partial charge in [0.25, 0.3) is 11.5 Å². The van der Waals surface area contributed by atoms with Crippen LogP contribution in [0.4, 0.5) is 0 Å². The number of esters is 1. The van der Waals surface area contributed by atoms with Gasteiger partial charge in [-0.25, -0.2) is 9.89 Å². The monoisotopic (exact) mass is 374 g/mol. The summed E-state index contributed by atoms with van der Waals surface area (Å²) in [7, 11) is 1.46. The zero-order chi connectivity index (χ0) is 20.0. The van der Waals surface area contributed by atoms with Gasteiger partial charge in [-0.3, -0.25) is 14.4 Å². The first-order valence-corrected chi connectivity index (χ1v) is 8.55. The summed E-state index contributed by atoms with van der Waals surface area (Å²) in [5.74, 6) is -1.53. The molecule has 0 atom stereocenters. The number of hydrogen-bond donors (Lipinski definition) is 1. The Morgan fingerprint density at radius 3 is 2.33 bits per heavy atom. The lowest BCUT2D eigenvalue weighted by atomic mass is 10.1. The SMILES string of the molecule is CCN(CC)C(=O)CN(C)C(=O)COC(=O)c1n[nH]c(=O)c2ccccc12. The summed E-state index contributed by atoms with van der Waals surface area (Å²) in [5.41, 5.74) is -0.507. The number of likely N-dealkylation sites (N-methyl/N-ethyl adjacent to an activating group) is 2. The maximum absolute atomic E-state index is 12.3. The molecule has 1 N–H and O–H groups in total. The van der Waals surface area contributed by atoms with Crippen LogP contribution in [0.3, 0.4) is 0 Å². The molecule has 1 heterocycles. The Morgan fingerprint density at radius 1 is 1.07 bits per heavy atom. The first kappa shape index (κ1) is 20.1. The van der Waals surface area contributed by atoms with Crippen molar-refractivity contribution in [1.29, 1.82) is 0 Å². The minimum Gasteiger partial charge on any atom is -0.451 e. The molecule has 9 nitrogen and oxygen atoms in total. The van der Waals surface area contributed by atoms with Crippen molar-refractivity contribution < 1.29 is 19.1 Å². The van der Waals surface area contributed by atoms with E-state index < -0.39 is 24.0 Å². The van der Waals surface area contributed by atoms with Crippen LogP contribution in [0.15, 0.2) is 29.1 Å². The molecule has 0 aliphatic heterocycles. The van der Waals surface area contributed by atoms with E-state index in [0.29, 0.717) is 23.9 Å². The number of ether oxygens (including phenoxy) is 1. The molecule has 1 aromatic carbocycles. The maximum atomic E-state index is 12.3. The average molecular weight is 374 g/mol. The van der Waals surface area contributed by atoms with Gasteiger partial charge >= 0.3 is 5.97 Å². The zero-order valence-corrected chi connectivity index (χ0v) is 15.5. The van der Waals surface area contributed by atoms with Crippen LogP contribution in [0.1, 0.15) is 24.3 Å². The van der Waals surface area contributed by atoms with Gasteiger partial charge in [0.15, 0.2) is 12.3 Å². The summed E-state index contributed by atoms with van der Waals surface area (Å²) >= 11 is 0. The third-order valence-electron chi connectivity index (χ3n) is 4.13. The highest BCUT2D eigenvalue weighted by atomic mass is 16.5. The topological polar surface area (TPSA) is 113 Å². The van der Waals surface area contributed by atoms with Gasteiger partial charge in [-0.1, -0.05) is 18.2 Å². The molecule has 0 spiro atoms. The van der Waals surface area contributed by atoms with Gasteiger partial charge in [0.2, 0.25) is 5.91 Å². The summed E-state index contributed by atoms with van der Waals surface area (Å²) in [6.07, 6.45) is 0. The Hall–Kier alpha value is -3.23. The van der Waals surface area contributed by atoms with E-state index in [9.17, 15) is 19.2 Å². The molecular weight excluding hydrogens is 352 g/mol. The molecule has 0 bridgehead atoms. The van der Waals surface area contributed by atoms with Crippen LogP contribution in [0.25, 0.3) is 10.8 Å². The minimum atomic E-state index is -0.834. The van der Waals surface area contributed by atoms with Crippen molar-refractivity contribution in [2.75, 3.05) is 33.3 Å². The molecule has 9 heteroatoms. The molecule has 0 radical (unpaired) electrons. The predicted octanol–water partition coefficient (Wildman–Crippen LogP) is 0.407. The Morgan fingerprint density at radius 2 is 1.70 bits per heavy atom. The molecule has 2 rings (SSSR count). The van der Waals surface area contributed by atoms with E-state index in [1.807, 2.05) is 13.8 Å². The fraction of sp³-hybridized carbons (Fsp3) is 0.389. The Bertz CT molecular complexity index is 904. The van der Waals surface area contributed by atoms with Gasteiger partial charge in [-0.05, 0) is 19.9 Å². The average Bonchev–Trinajstić information content (AvgIpc) is 2.67. The van der Waals surface area contributed by atoms with E-state index in [2.05, 4.69) is 10.2 Å². The molecule has 0 fully saturated rings. The Kier molecular flexibility index (Phi) is 6.64. The largest absolute Gasteiger partial charge is 0.451 e. The lowest BCUT2D eigenvalue weighted by molar-refractivity contribution is -0.140.